The van der Waals surface area contributed by atoms with Gasteiger partial charge in [0, 0.05) is 14.0 Å². The minimum Gasteiger partial charge on any atom is -0.293 e. The molecule has 0 saturated carbocycles. The Morgan fingerprint density at radius 2 is 2.36 bits per heavy atom. The van der Waals surface area contributed by atoms with Crippen molar-refractivity contribution in [2.45, 2.75) is 6.92 Å². The summed E-state index contributed by atoms with van der Waals surface area (Å²) in [7, 11) is 1.79. The van der Waals surface area contributed by atoms with Gasteiger partial charge in [0.2, 0.25) is 0 Å². The van der Waals surface area contributed by atoms with E-state index in [1.54, 1.807) is 30.0 Å². The van der Waals surface area contributed by atoms with Gasteiger partial charge in [0.15, 0.2) is 5.78 Å². The van der Waals surface area contributed by atoms with E-state index < -0.39 is 0 Å². The summed E-state index contributed by atoms with van der Waals surface area (Å²) >= 11 is 1.62. The second-order valence-corrected chi connectivity index (χ2v) is 4.02. The van der Waals surface area contributed by atoms with Gasteiger partial charge in [-0.25, -0.2) is 0 Å². The Labute approximate surface area is 86.0 Å². The average Bonchev–Trinajstić information content (AvgIpc) is 2.70. The fourth-order valence-electron chi connectivity index (χ4n) is 1.34. The van der Waals surface area contributed by atoms with Crippen LogP contribution in [0.25, 0.3) is 10.6 Å². The van der Waals surface area contributed by atoms with Crippen molar-refractivity contribution >= 4 is 17.1 Å². The molecule has 0 aliphatic heterocycles. The molecule has 0 saturated heterocycles. The van der Waals surface area contributed by atoms with Crippen LogP contribution in [0.2, 0.25) is 0 Å². The quantitative estimate of drug-likeness (QED) is 0.707. The van der Waals surface area contributed by atoms with E-state index in [9.17, 15) is 4.79 Å². The number of aromatic nitrogens is 2. The predicted molar refractivity (Wildman–Crippen MR) is 56.5 cm³/mol. The molecule has 2 rings (SSSR count). The first-order valence-electron chi connectivity index (χ1n) is 4.27. The lowest BCUT2D eigenvalue weighted by Gasteiger charge is -1.92. The molecule has 0 amide bonds. The molecule has 0 aromatic carbocycles. The lowest BCUT2D eigenvalue weighted by molar-refractivity contribution is 0.100. The number of nitrogens with zero attached hydrogens (tertiary/aromatic N) is 2. The number of rotatable bonds is 2. The Bertz CT molecular complexity index is 456. The van der Waals surface area contributed by atoms with Crippen LogP contribution in [0, 0.1) is 0 Å². The van der Waals surface area contributed by atoms with Gasteiger partial charge >= 0.3 is 0 Å². The summed E-state index contributed by atoms with van der Waals surface area (Å²) in [4.78, 5) is 12.3. The summed E-state index contributed by atoms with van der Waals surface area (Å²) in [5.41, 5.74) is 1.51. The molecular formula is C10H10N2OS. The molecule has 3 nitrogen and oxygen atoms in total. The van der Waals surface area contributed by atoms with Crippen LogP contribution in [-0.2, 0) is 7.05 Å². The van der Waals surface area contributed by atoms with Crippen molar-refractivity contribution in [3.05, 3.63) is 29.3 Å². The number of hydrogen-bond acceptors (Lipinski definition) is 3. The first-order valence-corrected chi connectivity index (χ1v) is 5.15. The molecule has 0 spiro atoms. The van der Waals surface area contributed by atoms with Crippen molar-refractivity contribution in [2.24, 2.45) is 7.05 Å². The summed E-state index contributed by atoms with van der Waals surface area (Å²) in [5.74, 6) is 0.0443. The molecular weight excluding hydrogens is 196 g/mol. The number of hydrogen-bond donors (Lipinski definition) is 0. The van der Waals surface area contributed by atoms with Crippen LogP contribution in [-0.4, -0.2) is 15.6 Å². The molecule has 0 fully saturated rings. The molecule has 0 aliphatic carbocycles. The third kappa shape index (κ3) is 1.48. The predicted octanol–water partition coefficient (Wildman–Crippen LogP) is 2.35. The highest BCUT2D eigenvalue weighted by atomic mass is 32.1. The summed E-state index contributed by atoms with van der Waals surface area (Å²) in [5, 5.41) is 6.28. The van der Waals surface area contributed by atoms with E-state index in [2.05, 4.69) is 5.10 Å². The Morgan fingerprint density at radius 3 is 2.86 bits per heavy atom. The zero-order valence-electron chi connectivity index (χ0n) is 8.02. The van der Waals surface area contributed by atoms with E-state index in [4.69, 9.17) is 0 Å². The number of carbonyl (C=O) groups is 1. The SMILES string of the molecule is CC(=O)c1cc(-c2cccs2)nn1C. The maximum Gasteiger partial charge on any atom is 0.177 e. The van der Waals surface area contributed by atoms with Gasteiger partial charge in [0.1, 0.15) is 11.4 Å². The number of thiophene rings is 1. The van der Waals surface area contributed by atoms with Crippen molar-refractivity contribution in [2.75, 3.05) is 0 Å². The molecule has 0 aliphatic rings. The minimum atomic E-state index is 0.0443. The third-order valence-electron chi connectivity index (χ3n) is 2.01. The molecule has 2 aromatic rings. The Hall–Kier alpha value is -1.42. The molecule has 14 heavy (non-hydrogen) atoms. The third-order valence-corrected chi connectivity index (χ3v) is 2.91. The van der Waals surface area contributed by atoms with Crippen molar-refractivity contribution in [1.82, 2.24) is 9.78 Å². The van der Waals surface area contributed by atoms with Crippen LogP contribution >= 0.6 is 11.3 Å². The maximum atomic E-state index is 11.2. The van der Waals surface area contributed by atoms with E-state index in [0.29, 0.717) is 5.69 Å². The van der Waals surface area contributed by atoms with Crippen LogP contribution in [0.15, 0.2) is 23.6 Å². The van der Waals surface area contributed by atoms with Crippen molar-refractivity contribution in [3.8, 4) is 10.6 Å². The topological polar surface area (TPSA) is 34.9 Å². The van der Waals surface area contributed by atoms with Gasteiger partial charge in [-0.2, -0.15) is 5.10 Å². The Morgan fingerprint density at radius 1 is 1.57 bits per heavy atom. The Kier molecular flexibility index (Phi) is 2.21. The molecule has 4 heteroatoms. The maximum absolute atomic E-state index is 11.2. The highest BCUT2D eigenvalue weighted by Crippen LogP contribution is 2.23. The molecule has 0 N–H and O–H groups in total. The van der Waals surface area contributed by atoms with Crippen molar-refractivity contribution < 1.29 is 4.79 Å². The number of ketones is 1. The lowest BCUT2D eigenvalue weighted by Crippen LogP contribution is -2.02. The van der Waals surface area contributed by atoms with Gasteiger partial charge in [-0.15, -0.1) is 11.3 Å². The van der Waals surface area contributed by atoms with Gasteiger partial charge in [-0.05, 0) is 17.5 Å². The summed E-state index contributed by atoms with van der Waals surface area (Å²) in [6.07, 6.45) is 0. The van der Waals surface area contributed by atoms with Crippen molar-refractivity contribution in [3.63, 3.8) is 0 Å². The van der Waals surface area contributed by atoms with Crippen molar-refractivity contribution in [1.29, 1.82) is 0 Å². The van der Waals surface area contributed by atoms with E-state index in [-0.39, 0.29) is 5.78 Å². The van der Waals surface area contributed by atoms with Crippen LogP contribution in [0.4, 0.5) is 0 Å². The zero-order valence-corrected chi connectivity index (χ0v) is 8.84. The van der Waals surface area contributed by atoms with Crippen LogP contribution in [0.5, 0.6) is 0 Å². The molecule has 2 aromatic heterocycles. The van der Waals surface area contributed by atoms with E-state index in [0.717, 1.165) is 10.6 Å². The highest BCUT2D eigenvalue weighted by Gasteiger charge is 2.10. The van der Waals surface area contributed by atoms with Gasteiger partial charge in [-0.3, -0.25) is 9.48 Å². The second kappa shape index (κ2) is 3.38. The molecule has 0 atom stereocenters. The first kappa shape index (κ1) is 9.15. The fourth-order valence-corrected chi connectivity index (χ4v) is 2.02. The summed E-state index contributed by atoms with van der Waals surface area (Å²) < 4.78 is 1.62. The van der Waals surface area contributed by atoms with Crippen LogP contribution in [0.1, 0.15) is 17.4 Å². The van der Waals surface area contributed by atoms with Gasteiger partial charge < -0.3 is 0 Å². The van der Waals surface area contributed by atoms with Gasteiger partial charge in [-0.1, -0.05) is 6.07 Å². The smallest absolute Gasteiger partial charge is 0.177 e. The number of Topliss-reactive ketones (excluding diaryl/α,β-unsaturated/α-hetero) is 1. The molecule has 0 radical (unpaired) electrons. The monoisotopic (exact) mass is 206 g/mol. The molecule has 2 heterocycles. The largest absolute Gasteiger partial charge is 0.293 e. The highest BCUT2D eigenvalue weighted by molar-refractivity contribution is 7.13. The zero-order chi connectivity index (χ0) is 10.1. The van der Waals surface area contributed by atoms with Gasteiger partial charge in [0.25, 0.3) is 0 Å². The molecule has 0 bridgehead atoms. The fraction of sp³-hybridized carbons (Fsp3) is 0.200. The van der Waals surface area contributed by atoms with Crippen LogP contribution in [0.3, 0.4) is 0 Å². The molecule has 0 unspecified atom stereocenters. The van der Waals surface area contributed by atoms with E-state index >= 15 is 0 Å². The minimum absolute atomic E-state index is 0.0443. The average molecular weight is 206 g/mol. The summed E-state index contributed by atoms with van der Waals surface area (Å²) in [6.45, 7) is 1.55. The Balaban J connectivity index is 2.48. The first-order chi connectivity index (χ1) is 6.68. The lowest BCUT2D eigenvalue weighted by atomic mass is 10.2. The number of carbonyl (C=O) groups excluding carboxylic acids is 1. The molecule has 72 valence electrons. The van der Waals surface area contributed by atoms with Gasteiger partial charge in [0.05, 0.1) is 4.88 Å². The normalized spacial score (nSPS) is 10.4. The summed E-state index contributed by atoms with van der Waals surface area (Å²) in [6, 6.07) is 5.80. The van der Waals surface area contributed by atoms with E-state index in [1.165, 1.54) is 0 Å². The number of aryl methyl sites for hydroxylation is 1. The van der Waals surface area contributed by atoms with E-state index in [1.807, 2.05) is 23.6 Å². The second-order valence-electron chi connectivity index (χ2n) is 3.07. The van der Waals surface area contributed by atoms with Crippen LogP contribution < -0.4 is 0 Å². The standard InChI is InChI=1S/C10H10N2OS/c1-7(13)9-6-8(11-12(9)2)10-4-3-5-14-10/h3-6H,1-2H3.